The van der Waals surface area contributed by atoms with E-state index >= 15 is 0 Å². The van der Waals surface area contributed by atoms with Gasteiger partial charge in [-0.15, -0.1) is 0 Å². The Labute approximate surface area is 102 Å². The minimum Gasteiger partial charge on any atom is -0.433 e. The van der Waals surface area contributed by atoms with Crippen molar-refractivity contribution in [1.82, 2.24) is 0 Å². The summed E-state index contributed by atoms with van der Waals surface area (Å²) in [7, 11) is 0. The zero-order chi connectivity index (χ0) is 3.58. The fraction of sp³-hybridized carbons (Fsp3) is 0.500. The molecule has 0 spiro atoms. The van der Waals surface area contributed by atoms with Gasteiger partial charge in [0.05, 0.1) is 0 Å². The zero-order valence-corrected chi connectivity index (χ0v) is 11.2. The van der Waals surface area contributed by atoms with Gasteiger partial charge in [0.15, 0.2) is 0 Å². The largest absolute Gasteiger partial charge is 1.00 e. The van der Waals surface area contributed by atoms with E-state index in [1.807, 2.05) is 0 Å². The fourth-order valence-corrected chi connectivity index (χ4v) is 0. The van der Waals surface area contributed by atoms with Crippen LogP contribution in [-0.2, 0) is 12.6 Å². The third kappa shape index (κ3) is 21.7. The third-order valence-corrected chi connectivity index (χ3v) is 0. The Balaban J connectivity index is 0. The molecule has 0 nitrogen and oxygen atoms in total. The molecule has 0 bridgehead atoms. The standard InChI is InChI=1S/C2H4S2.Cs/c1-2(3)4;/h1H3,(H,3,4);/q;+1/p-1. The van der Waals surface area contributed by atoms with Crippen molar-refractivity contribution in [3.63, 3.8) is 0 Å². The van der Waals surface area contributed by atoms with Crippen LogP contribution in [0, 0.1) is 0 Å². The summed E-state index contributed by atoms with van der Waals surface area (Å²) in [6.45, 7) is 1.71. The van der Waals surface area contributed by atoms with Gasteiger partial charge in [-0.05, 0) is 0 Å². The van der Waals surface area contributed by atoms with Crippen molar-refractivity contribution in [3.05, 3.63) is 0 Å². The van der Waals surface area contributed by atoms with Crippen LogP contribution in [0.3, 0.4) is 0 Å². The second-order valence-electron chi connectivity index (χ2n) is 0.492. The van der Waals surface area contributed by atoms with E-state index in [0.29, 0.717) is 4.20 Å². The van der Waals surface area contributed by atoms with E-state index in [9.17, 15) is 0 Å². The van der Waals surface area contributed by atoms with Gasteiger partial charge in [0.1, 0.15) is 0 Å². The van der Waals surface area contributed by atoms with E-state index in [4.69, 9.17) is 0 Å². The van der Waals surface area contributed by atoms with Crippen LogP contribution in [0.1, 0.15) is 6.92 Å². The van der Waals surface area contributed by atoms with Gasteiger partial charge in [-0.3, -0.25) is 0 Å². The van der Waals surface area contributed by atoms with E-state index in [1.165, 1.54) is 0 Å². The van der Waals surface area contributed by atoms with Crippen LogP contribution in [0.25, 0.3) is 0 Å². The first-order chi connectivity index (χ1) is 1.73. The molecule has 0 heterocycles. The van der Waals surface area contributed by atoms with Crippen molar-refractivity contribution in [2.75, 3.05) is 0 Å². The molecule has 0 atom stereocenters. The van der Waals surface area contributed by atoms with Crippen LogP contribution in [0.4, 0.5) is 0 Å². The van der Waals surface area contributed by atoms with Gasteiger partial charge < -0.3 is 24.8 Å². The minimum absolute atomic E-state index is 0. The minimum atomic E-state index is 0. The maximum Gasteiger partial charge on any atom is 1.00 e. The molecule has 0 N–H and O–H groups in total. The van der Waals surface area contributed by atoms with Gasteiger partial charge in [0, 0.05) is 0 Å². The predicted molar refractivity (Wildman–Crippen MR) is 25.6 cm³/mol. The molecule has 0 aromatic rings. The molecule has 0 amide bonds. The first-order valence-corrected chi connectivity index (χ1v) is 1.72. The average Bonchev–Trinajstić information content (AvgIpc) is 0.811. The van der Waals surface area contributed by atoms with Crippen LogP contribution >= 0.6 is 12.2 Å². The van der Waals surface area contributed by atoms with Crippen LogP contribution in [0.2, 0.25) is 0 Å². The summed E-state index contributed by atoms with van der Waals surface area (Å²) in [5.74, 6) is 0. The van der Waals surface area contributed by atoms with Crippen molar-refractivity contribution in [2.24, 2.45) is 0 Å². The molecular formula is C2H3CsS2. The summed E-state index contributed by atoms with van der Waals surface area (Å²) in [5.41, 5.74) is 0. The molecule has 0 radical (unpaired) electrons. The molecule has 0 aliphatic heterocycles. The molecule has 0 aliphatic rings. The molecule has 0 rings (SSSR count). The summed E-state index contributed by atoms with van der Waals surface area (Å²) >= 11 is 8.70. The molecule has 0 saturated carbocycles. The van der Waals surface area contributed by atoms with Crippen molar-refractivity contribution in [2.45, 2.75) is 6.92 Å². The van der Waals surface area contributed by atoms with Crippen molar-refractivity contribution in [1.29, 1.82) is 0 Å². The van der Waals surface area contributed by atoms with Gasteiger partial charge in [-0.25, -0.2) is 0 Å². The van der Waals surface area contributed by atoms with Crippen LogP contribution in [0.5, 0.6) is 0 Å². The van der Waals surface area contributed by atoms with E-state index < -0.39 is 0 Å². The molecule has 24 valence electrons. The molecule has 0 saturated heterocycles. The fourth-order valence-electron chi connectivity index (χ4n) is 0. The topological polar surface area (TPSA) is 0 Å². The average molecular weight is 224 g/mol. The van der Waals surface area contributed by atoms with Gasteiger partial charge in [0.2, 0.25) is 0 Å². The van der Waals surface area contributed by atoms with E-state index in [1.54, 1.807) is 6.92 Å². The van der Waals surface area contributed by atoms with E-state index in [0.717, 1.165) is 0 Å². The molecule has 0 fully saturated rings. The first kappa shape index (κ1) is 10.4. The maximum atomic E-state index is 4.35. The van der Waals surface area contributed by atoms with Crippen LogP contribution < -0.4 is 68.9 Å². The first-order valence-electron chi connectivity index (χ1n) is 0.908. The predicted octanol–water partition coefficient (Wildman–Crippen LogP) is -2.12. The number of rotatable bonds is 0. The molecule has 3 heteroatoms. The SMILES string of the molecule is CC(=S)[S-].[Cs+]. The Bertz CT molecular complexity index is 30.6. The Morgan fingerprint density at radius 3 is 1.80 bits per heavy atom. The van der Waals surface area contributed by atoms with Gasteiger partial charge >= 0.3 is 68.9 Å². The Morgan fingerprint density at radius 1 is 1.80 bits per heavy atom. The number of hydrogen-bond acceptors (Lipinski definition) is 2. The molecule has 0 aliphatic carbocycles. The smallest absolute Gasteiger partial charge is 0.433 e. The van der Waals surface area contributed by atoms with E-state index in [2.05, 4.69) is 24.8 Å². The quantitative estimate of drug-likeness (QED) is 0.341. The second kappa shape index (κ2) is 6.36. The number of thiocarbonyl (C=S) groups is 1. The Morgan fingerprint density at radius 2 is 1.80 bits per heavy atom. The van der Waals surface area contributed by atoms with Crippen LogP contribution in [-0.4, -0.2) is 4.20 Å². The normalized spacial score (nSPS) is 5.00. The number of hydrogen-bond donors (Lipinski definition) is 0. The van der Waals surface area contributed by atoms with Crippen molar-refractivity contribution >= 4 is 29.0 Å². The monoisotopic (exact) mass is 224 g/mol. The van der Waals surface area contributed by atoms with Gasteiger partial charge in [-0.1, -0.05) is 6.92 Å². The summed E-state index contributed by atoms with van der Waals surface area (Å²) in [5, 5.41) is 0. The van der Waals surface area contributed by atoms with Gasteiger partial charge in [-0.2, -0.15) is 4.20 Å². The Kier molecular flexibility index (Phi) is 13.2. The molecule has 0 aromatic heterocycles. The summed E-state index contributed by atoms with van der Waals surface area (Å²) in [4.78, 5) is 0. The maximum absolute atomic E-state index is 4.35. The molecule has 0 unspecified atom stereocenters. The summed E-state index contributed by atoms with van der Waals surface area (Å²) in [6.07, 6.45) is 0. The second-order valence-corrected chi connectivity index (χ2v) is 1.97. The van der Waals surface area contributed by atoms with Gasteiger partial charge in [0.25, 0.3) is 0 Å². The van der Waals surface area contributed by atoms with Crippen LogP contribution in [0.15, 0.2) is 0 Å². The van der Waals surface area contributed by atoms with E-state index in [-0.39, 0.29) is 68.9 Å². The summed E-state index contributed by atoms with van der Waals surface area (Å²) < 4.78 is 0.583. The summed E-state index contributed by atoms with van der Waals surface area (Å²) in [6, 6.07) is 0. The molecule has 5 heavy (non-hydrogen) atoms. The Hall–Kier alpha value is 2.36. The van der Waals surface area contributed by atoms with Crippen molar-refractivity contribution in [3.8, 4) is 0 Å². The van der Waals surface area contributed by atoms with Crippen molar-refractivity contribution < 1.29 is 68.9 Å². The zero-order valence-electron chi connectivity index (χ0n) is 3.32. The third-order valence-electron chi connectivity index (χ3n) is 0. The molecule has 0 aromatic carbocycles. The molecular weight excluding hydrogens is 221 g/mol.